The first kappa shape index (κ1) is 7.03. The first-order valence-electron chi connectivity index (χ1n) is 3.70. The number of hydrogen-bond acceptors (Lipinski definition) is 2. The normalized spacial score (nSPS) is 21.0. The maximum Gasteiger partial charge on any atom is 0.258 e. The van der Waals surface area contributed by atoms with Crippen molar-refractivity contribution in [2.75, 3.05) is 0 Å². The molecule has 1 heterocycles. The Morgan fingerprint density at radius 2 is 2.17 bits per heavy atom. The van der Waals surface area contributed by atoms with Gasteiger partial charge in [-0.25, -0.2) is 0 Å². The van der Waals surface area contributed by atoms with Crippen molar-refractivity contribution in [1.29, 1.82) is 0 Å². The number of rotatable bonds is 0. The van der Waals surface area contributed by atoms with Gasteiger partial charge in [-0.05, 0) is 18.1 Å². The van der Waals surface area contributed by atoms with Crippen LogP contribution in [0, 0.1) is 0 Å². The van der Waals surface area contributed by atoms with Crippen LogP contribution in [0.25, 0.3) is 0 Å². The van der Waals surface area contributed by atoms with Gasteiger partial charge in [-0.3, -0.25) is 14.9 Å². The molecule has 2 aliphatic rings. The molecule has 3 heteroatoms. The molecule has 0 spiro atoms. The third-order valence-corrected chi connectivity index (χ3v) is 1.87. The summed E-state index contributed by atoms with van der Waals surface area (Å²) < 4.78 is 0. The molecule has 1 aliphatic carbocycles. The third-order valence-electron chi connectivity index (χ3n) is 1.87. The van der Waals surface area contributed by atoms with Crippen molar-refractivity contribution in [2.24, 2.45) is 0 Å². The van der Waals surface area contributed by atoms with Crippen LogP contribution >= 0.6 is 0 Å². The fourth-order valence-electron chi connectivity index (χ4n) is 1.31. The van der Waals surface area contributed by atoms with Gasteiger partial charge in [-0.15, -0.1) is 0 Å². The molecule has 1 N–H and O–H groups in total. The Morgan fingerprint density at radius 3 is 3.00 bits per heavy atom. The van der Waals surface area contributed by atoms with Gasteiger partial charge >= 0.3 is 0 Å². The SMILES string of the molecule is O=C1C=C2CC=CC=C2C(=O)N1. The fourth-order valence-corrected chi connectivity index (χ4v) is 1.31. The summed E-state index contributed by atoms with van der Waals surface area (Å²) in [5.41, 5.74) is 1.42. The Hall–Kier alpha value is -1.64. The van der Waals surface area contributed by atoms with Crippen molar-refractivity contribution in [3.05, 3.63) is 35.5 Å². The first-order chi connectivity index (χ1) is 5.77. The predicted octanol–water partition coefficient (Wildman–Crippen LogP) is 0.455. The van der Waals surface area contributed by atoms with E-state index in [0.717, 1.165) is 5.57 Å². The summed E-state index contributed by atoms with van der Waals surface area (Å²) in [5, 5.41) is 2.22. The molecule has 2 amide bonds. The molecule has 0 saturated carbocycles. The highest BCUT2D eigenvalue weighted by atomic mass is 16.2. The molecule has 60 valence electrons. The van der Waals surface area contributed by atoms with Crippen LogP contribution < -0.4 is 5.32 Å². The molecule has 0 aromatic carbocycles. The number of hydrogen-bond donors (Lipinski definition) is 1. The summed E-state index contributed by atoms with van der Waals surface area (Å²) in [6, 6.07) is 0. The Bertz CT molecular complexity index is 348. The second-order valence-corrected chi connectivity index (χ2v) is 2.70. The maximum atomic E-state index is 11.2. The standard InChI is InChI=1S/C9H7NO2/c11-8-5-6-3-1-2-4-7(6)9(12)10-8/h1-2,4-5H,3H2,(H,10,11,12). The Morgan fingerprint density at radius 1 is 1.33 bits per heavy atom. The van der Waals surface area contributed by atoms with Crippen LogP contribution in [-0.2, 0) is 9.59 Å². The van der Waals surface area contributed by atoms with Crippen molar-refractivity contribution < 1.29 is 9.59 Å². The van der Waals surface area contributed by atoms with E-state index in [1.807, 2.05) is 12.2 Å². The van der Waals surface area contributed by atoms with Gasteiger partial charge < -0.3 is 0 Å². The van der Waals surface area contributed by atoms with Gasteiger partial charge in [0.25, 0.3) is 11.8 Å². The van der Waals surface area contributed by atoms with E-state index >= 15 is 0 Å². The molecule has 1 aliphatic heterocycles. The monoisotopic (exact) mass is 161 g/mol. The minimum absolute atomic E-state index is 0.290. The van der Waals surface area contributed by atoms with E-state index < -0.39 is 0 Å². The Labute approximate surface area is 69.5 Å². The lowest BCUT2D eigenvalue weighted by Gasteiger charge is -2.16. The largest absolute Gasteiger partial charge is 0.289 e. The second-order valence-electron chi connectivity index (χ2n) is 2.70. The van der Waals surface area contributed by atoms with Crippen molar-refractivity contribution in [2.45, 2.75) is 6.42 Å². The highest BCUT2D eigenvalue weighted by Gasteiger charge is 2.22. The van der Waals surface area contributed by atoms with Crippen LogP contribution in [0.4, 0.5) is 0 Å². The lowest BCUT2D eigenvalue weighted by Crippen LogP contribution is -2.35. The van der Waals surface area contributed by atoms with E-state index in [1.54, 1.807) is 6.08 Å². The number of nitrogens with one attached hydrogen (secondary N) is 1. The molecule has 0 fully saturated rings. The molecule has 0 bridgehead atoms. The Balaban J connectivity index is 2.49. The quantitative estimate of drug-likeness (QED) is 0.524. The van der Waals surface area contributed by atoms with E-state index in [0.29, 0.717) is 12.0 Å². The summed E-state index contributed by atoms with van der Waals surface area (Å²) in [6.45, 7) is 0. The molecule has 12 heavy (non-hydrogen) atoms. The van der Waals surface area contributed by atoms with Crippen LogP contribution in [0.5, 0.6) is 0 Å². The average molecular weight is 161 g/mol. The molecular formula is C9H7NO2. The summed E-state index contributed by atoms with van der Waals surface area (Å²) in [5.74, 6) is -0.607. The fraction of sp³-hybridized carbons (Fsp3) is 0.111. The predicted molar refractivity (Wildman–Crippen MR) is 43.1 cm³/mol. The molecule has 0 saturated heterocycles. The molecule has 0 aromatic heterocycles. The van der Waals surface area contributed by atoms with Gasteiger partial charge in [0.2, 0.25) is 0 Å². The first-order valence-corrected chi connectivity index (χ1v) is 3.70. The van der Waals surface area contributed by atoms with Crippen LogP contribution in [-0.4, -0.2) is 11.8 Å². The summed E-state index contributed by atoms with van der Waals surface area (Å²) >= 11 is 0. The highest BCUT2D eigenvalue weighted by Crippen LogP contribution is 2.21. The summed E-state index contributed by atoms with van der Waals surface area (Å²) in [4.78, 5) is 22.0. The number of imide groups is 1. The topological polar surface area (TPSA) is 46.2 Å². The van der Waals surface area contributed by atoms with E-state index in [1.165, 1.54) is 6.08 Å². The van der Waals surface area contributed by atoms with E-state index in [2.05, 4.69) is 5.32 Å². The minimum atomic E-state index is -0.317. The lowest BCUT2D eigenvalue weighted by atomic mass is 9.95. The smallest absolute Gasteiger partial charge is 0.258 e. The second kappa shape index (κ2) is 2.44. The maximum absolute atomic E-state index is 11.2. The summed E-state index contributed by atoms with van der Waals surface area (Å²) in [6.07, 6.45) is 7.60. The van der Waals surface area contributed by atoms with E-state index in [-0.39, 0.29) is 11.8 Å². The molecule has 3 nitrogen and oxygen atoms in total. The van der Waals surface area contributed by atoms with Crippen LogP contribution in [0.2, 0.25) is 0 Å². The van der Waals surface area contributed by atoms with E-state index in [4.69, 9.17) is 0 Å². The zero-order chi connectivity index (χ0) is 8.55. The number of allylic oxidation sites excluding steroid dienone is 3. The van der Waals surface area contributed by atoms with E-state index in [9.17, 15) is 9.59 Å². The molecule has 0 unspecified atom stereocenters. The zero-order valence-electron chi connectivity index (χ0n) is 6.33. The van der Waals surface area contributed by atoms with Gasteiger partial charge in [0, 0.05) is 11.6 Å². The Kier molecular flexibility index (Phi) is 1.43. The third kappa shape index (κ3) is 0.993. The number of fused-ring (bicyclic) bond motifs is 1. The van der Waals surface area contributed by atoms with Crippen molar-refractivity contribution >= 4 is 11.8 Å². The van der Waals surface area contributed by atoms with Crippen molar-refractivity contribution in [3.8, 4) is 0 Å². The molecule has 0 atom stereocenters. The number of carbonyl (C=O) groups is 2. The zero-order valence-corrected chi connectivity index (χ0v) is 6.33. The molecular weight excluding hydrogens is 154 g/mol. The van der Waals surface area contributed by atoms with Crippen LogP contribution in [0.3, 0.4) is 0 Å². The van der Waals surface area contributed by atoms with Gasteiger partial charge in [0.1, 0.15) is 0 Å². The van der Waals surface area contributed by atoms with Gasteiger partial charge in [-0.2, -0.15) is 0 Å². The van der Waals surface area contributed by atoms with Gasteiger partial charge in [0.05, 0.1) is 0 Å². The number of carbonyl (C=O) groups excluding carboxylic acids is 2. The average Bonchev–Trinajstić information content (AvgIpc) is 2.04. The van der Waals surface area contributed by atoms with Gasteiger partial charge in [0.15, 0.2) is 0 Å². The lowest BCUT2D eigenvalue weighted by molar-refractivity contribution is -0.126. The van der Waals surface area contributed by atoms with Crippen molar-refractivity contribution in [1.82, 2.24) is 5.32 Å². The number of amides is 2. The molecule has 0 aromatic rings. The van der Waals surface area contributed by atoms with Crippen molar-refractivity contribution in [3.63, 3.8) is 0 Å². The molecule has 2 rings (SSSR count). The summed E-state index contributed by atoms with van der Waals surface area (Å²) in [7, 11) is 0. The van der Waals surface area contributed by atoms with Crippen LogP contribution in [0.15, 0.2) is 35.5 Å². The minimum Gasteiger partial charge on any atom is -0.289 e. The highest BCUT2D eigenvalue weighted by molar-refractivity contribution is 6.14. The molecule has 0 radical (unpaired) electrons. The van der Waals surface area contributed by atoms with Crippen LogP contribution in [0.1, 0.15) is 6.42 Å². The van der Waals surface area contributed by atoms with Gasteiger partial charge in [-0.1, -0.05) is 12.2 Å².